The van der Waals surface area contributed by atoms with Crippen LogP contribution >= 0.6 is 0 Å². The number of aliphatic hydroxyl groups is 4. The number of rotatable bonds is 12. The summed E-state index contributed by atoms with van der Waals surface area (Å²) >= 11 is 0. The van der Waals surface area contributed by atoms with Gasteiger partial charge in [0.2, 0.25) is 12.1 Å². The predicted octanol–water partition coefficient (Wildman–Crippen LogP) is -1.33. The number of aliphatic hydroxyl groups excluding tert-OH is 4. The number of ether oxygens (including phenoxy) is 4. The van der Waals surface area contributed by atoms with Crippen LogP contribution in [0.5, 0.6) is 5.75 Å². The molecule has 0 spiro atoms. The molecular formula is C22H29N3O11. The first kappa shape index (κ1) is 28.8. The molecule has 1 fully saturated rings. The van der Waals surface area contributed by atoms with Gasteiger partial charge in [0.25, 0.3) is 0 Å². The summed E-state index contributed by atoms with van der Waals surface area (Å²) in [5, 5.41) is 41.3. The Bertz CT molecular complexity index is 934. The lowest BCUT2D eigenvalue weighted by Gasteiger charge is -2.39. The number of benzene rings is 1. The maximum absolute atomic E-state index is 12.2. The molecule has 1 heterocycles. The second kappa shape index (κ2) is 14.2. The minimum absolute atomic E-state index is 0.0651. The van der Waals surface area contributed by atoms with Crippen LogP contribution in [0.4, 0.5) is 4.79 Å². The van der Waals surface area contributed by atoms with Gasteiger partial charge in [-0.05, 0) is 31.0 Å². The third-order valence-corrected chi connectivity index (χ3v) is 5.14. The van der Waals surface area contributed by atoms with Gasteiger partial charge < -0.3 is 50.2 Å². The quantitative estimate of drug-likeness (QED) is 0.0958. The second-order valence-corrected chi connectivity index (χ2v) is 7.73. The molecule has 2 rings (SSSR count). The van der Waals surface area contributed by atoms with Crippen LogP contribution in [-0.2, 0) is 30.4 Å². The minimum atomic E-state index is -1.58. The molecule has 14 heteroatoms. The van der Waals surface area contributed by atoms with Crippen LogP contribution in [0.3, 0.4) is 0 Å². The smallest absolute Gasteiger partial charge is 0.408 e. The molecule has 0 aliphatic carbocycles. The monoisotopic (exact) mass is 511 g/mol. The summed E-state index contributed by atoms with van der Waals surface area (Å²) in [6.45, 7) is 0.878. The molecule has 1 unspecified atom stereocenters. The van der Waals surface area contributed by atoms with Crippen molar-refractivity contribution in [3.63, 3.8) is 0 Å². The molecule has 1 saturated heterocycles. The first-order valence-electron chi connectivity index (χ1n) is 11.1. The maximum Gasteiger partial charge on any atom is 0.408 e. The number of esters is 1. The average Bonchev–Trinajstić information content (AvgIpc) is 2.86. The summed E-state index contributed by atoms with van der Waals surface area (Å²) in [5.74, 6) is -1.07. The average molecular weight is 511 g/mol. The Morgan fingerprint density at radius 3 is 2.44 bits per heavy atom. The third kappa shape index (κ3) is 8.37. The molecule has 1 amide bonds. The molecule has 0 bridgehead atoms. The van der Waals surface area contributed by atoms with Crippen LogP contribution in [0.15, 0.2) is 24.3 Å². The van der Waals surface area contributed by atoms with Crippen molar-refractivity contribution in [3.05, 3.63) is 35.4 Å². The molecule has 14 nitrogen and oxygen atoms in total. The van der Waals surface area contributed by atoms with Gasteiger partial charge in [-0.1, -0.05) is 12.1 Å². The van der Waals surface area contributed by atoms with Gasteiger partial charge in [-0.3, -0.25) is 4.79 Å². The van der Waals surface area contributed by atoms with E-state index in [9.17, 15) is 34.8 Å². The van der Waals surface area contributed by atoms with Crippen molar-refractivity contribution < 1.29 is 58.5 Å². The summed E-state index contributed by atoms with van der Waals surface area (Å²) in [5.41, 5.74) is 8.92. The normalized spacial score (nSPS) is 24.1. The standard InChI is InChI=1S/C22H29N3O11/c1-2-33-20(31)15(8-5-13(27)9-24-23)25-22(32)34-11-12-3-6-14(7-4-12)35-21-19(30)18(29)17(28)16(10-26)36-21/h3-4,6-7,9,15-19,21,26,28-30H,2,5,8,10-11H2,1H3,(H,25,32)/t15?,16-,17-,18+,19-,21-/m1/s1. The molecule has 0 radical (unpaired) electrons. The number of nitrogens with zero attached hydrogens (tertiary/aromatic N) is 2. The lowest BCUT2D eigenvalue weighted by atomic mass is 9.99. The number of amides is 1. The third-order valence-electron chi connectivity index (χ3n) is 5.14. The van der Waals surface area contributed by atoms with Gasteiger partial charge in [0.05, 0.1) is 13.2 Å². The summed E-state index contributed by atoms with van der Waals surface area (Å²) < 4.78 is 20.7. The van der Waals surface area contributed by atoms with E-state index in [0.29, 0.717) is 11.8 Å². The minimum Gasteiger partial charge on any atom is -0.464 e. The fourth-order valence-electron chi connectivity index (χ4n) is 3.20. The second-order valence-electron chi connectivity index (χ2n) is 7.73. The van der Waals surface area contributed by atoms with Crippen molar-refractivity contribution >= 4 is 24.1 Å². The van der Waals surface area contributed by atoms with E-state index in [1.54, 1.807) is 19.1 Å². The molecule has 1 aromatic rings. The fourth-order valence-corrected chi connectivity index (χ4v) is 3.20. The zero-order valence-electron chi connectivity index (χ0n) is 19.4. The Kier molecular flexibility index (Phi) is 11.4. The molecule has 0 aromatic heterocycles. The van der Waals surface area contributed by atoms with Crippen molar-refractivity contribution in [2.75, 3.05) is 13.2 Å². The summed E-state index contributed by atoms with van der Waals surface area (Å²) in [7, 11) is 0. The van der Waals surface area contributed by atoms with Crippen molar-refractivity contribution in [2.45, 2.75) is 63.1 Å². The van der Waals surface area contributed by atoms with E-state index in [0.717, 1.165) is 0 Å². The number of hydrogen-bond donors (Lipinski definition) is 5. The van der Waals surface area contributed by atoms with E-state index < -0.39 is 61.2 Å². The fraction of sp³-hybridized carbons (Fsp3) is 0.545. The van der Waals surface area contributed by atoms with E-state index in [2.05, 4.69) is 10.1 Å². The van der Waals surface area contributed by atoms with Crippen molar-refractivity contribution in [2.24, 2.45) is 0 Å². The van der Waals surface area contributed by atoms with Gasteiger partial charge in [-0.15, -0.1) is 0 Å². The van der Waals surface area contributed by atoms with Crippen LogP contribution in [-0.4, -0.2) is 99.2 Å². The Morgan fingerprint density at radius 2 is 1.83 bits per heavy atom. The number of carbonyl (C=O) groups is 3. The van der Waals surface area contributed by atoms with Gasteiger partial charge in [-0.25, -0.2) is 9.59 Å². The molecule has 5 N–H and O–H groups in total. The molecule has 1 aromatic carbocycles. The highest BCUT2D eigenvalue weighted by molar-refractivity contribution is 6.25. The van der Waals surface area contributed by atoms with Gasteiger partial charge in [0, 0.05) is 6.42 Å². The van der Waals surface area contributed by atoms with Crippen LogP contribution in [0.1, 0.15) is 25.3 Å². The van der Waals surface area contributed by atoms with Crippen molar-refractivity contribution in [3.8, 4) is 5.75 Å². The highest BCUT2D eigenvalue weighted by Crippen LogP contribution is 2.24. The molecule has 1 aliphatic rings. The molecule has 198 valence electrons. The summed E-state index contributed by atoms with van der Waals surface area (Å²) in [6, 6.07) is 4.90. The molecule has 1 aliphatic heterocycles. The zero-order valence-corrected chi connectivity index (χ0v) is 19.4. The Labute approximate surface area is 206 Å². The number of hydrogen-bond acceptors (Lipinski definition) is 11. The highest BCUT2D eigenvalue weighted by Gasteiger charge is 2.44. The zero-order chi connectivity index (χ0) is 26.7. The van der Waals surface area contributed by atoms with Gasteiger partial charge in [0.15, 0.2) is 0 Å². The summed E-state index contributed by atoms with van der Waals surface area (Å²) in [4.78, 5) is 38.3. The molecule has 0 saturated carbocycles. The van der Waals surface area contributed by atoms with Gasteiger partial charge in [0.1, 0.15) is 42.8 Å². The lowest BCUT2D eigenvalue weighted by molar-refractivity contribution is -0.277. The van der Waals surface area contributed by atoms with Crippen molar-refractivity contribution in [1.29, 1.82) is 0 Å². The first-order valence-corrected chi connectivity index (χ1v) is 11.1. The number of Topliss-reactive ketones (excluding diaryl/α,β-unsaturated/α-hetero) is 1. The van der Waals surface area contributed by atoms with Crippen LogP contribution < -0.4 is 10.1 Å². The van der Waals surface area contributed by atoms with E-state index in [4.69, 9.17) is 24.5 Å². The number of alkyl carbamates (subject to hydrolysis) is 1. The van der Waals surface area contributed by atoms with Crippen LogP contribution in [0.25, 0.3) is 5.53 Å². The van der Waals surface area contributed by atoms with E-state index in [-0.39, 0.29) is 31.8 Å². The van der Waals surface area contributed by atoms with E-state index in [1.807, 2.05) is 0 Å². The molecule has 6 atom stereocenters. The predicted molar refractivity (Wildman–Crippen MR) is 119 cm³/mol. The number of ketones is 1. The van der Waals surface area contributed by atoms with Gasteiger partial charge >= 0.3 is 18.3 Å². The maximum atomic E-state index is 12.2. The highest BCUT2D eigenvalue weighted by atomic mass is 16.7. The van der Waals surface area contributed by atoms with E-state index in [1.165, 1.54) is 12.1 Å². The lowest BCUT2D eigenvalue weighted by Crippen LogP contribution is -2.60. The van der Waals surface area contributed by atoms with Crippen molar-refractivity contribution in [1.82, 2.24) is 5.32 Å². The van der Waals surface area contributed by atoms with Crippen LogP contribution in [0, 0.1) is 0 Å². The molecular weight excluding hydrogens is 482 g/mol. The van der Waals surface area contributed by atoms with Crippen LogP contribution in [0.2, 0.25) is 0 Å². The topological polar surface area (TPSA) is 217 Å². The van der Waals surface area contributed by atoms with E-state index >= 15 is 0 Å². The van der Waals surface area contributed by atoms with Gasteiger partial charge in [-0.2, -0.15) is 4.79 Å². The largest absolute Gasteiger partial charge is 0.464 e. The number of nitrogens with one attached hydrogen (secondary N) is 1. The Hall–Kier alpha value is -3.39. The Morgan fingerprint density at radius 1 is 1.14 bits per heavy atom. The number of carbonyl (C=O) groups excluding carboxylic acids is 3. The molecule has 36 heavy (non-hydrogen) atoms. The first-order chi connectivity index (χ1) is 17.2. The summed E-state index contributed by atoms with van der Waals surface area (Å²) in [6.07, 6.45) is -7.62. The SMILES string of the molecule is CCOC(=O)C(CCC(=O)C=[N+]=[N-])NC(=O)OCc1ccc(O[C@@H]2O[C@H](CO)[C@@H](O)[C@H](O)[C@H]2O)cc1. The Balaban J connectivity index is 1.89.